The van der Waals surface area contributed by atoms with Crippen molar-refractivity contribution in [2.75, 3.05) is 26.8 Å². The van der Waals surface area contributed by atoms with Gasteiger partial charge in [-0.05, 0) is 37.5 Å². The number of piperidine rings is 1. The number of carbonyl (C=O) groups excluding carboxylic acids is 1. The molecule has 1 heterocycles. The van der Waals surface area contributed by atoms with E-state index in [1.807, 2.05) is 19.1 Å². The van der Waals surface area contributed by atoms with Gasteiger partial charge < -0.3 is 15.4 Å². The average Bonchev–Trinajstić information content (AvgIpc) is 2.51. The first-order chi connectivity index (χ1) is 11.1. The molecule has 1 aromatic carbocycles. The normalized spacial score (nSPS) is 17.7. The summed E-state index contributed by atoms with van der Waals surface area (Å²) in [5.41, 5.74) is 1.11. The fourth-order valence-corrected chi connectivity index (χ4v) is 2.83. The standard InChI is InChI=1S/C17H26FN3O2/c1-13(12-23-2)19-17(22)20-16-7-9-21(10-8-16)11-14-3-5-15(18)6-4-14/h3-6,13,16H,7-12H2,1-2H3,(H2,19,20,22). The van der Waals surface area contributed by atoms with Crippen LogP contribution in [0.15, 0.2) is 24.3 Å². The summed E-state index contributed by atoms with van der Waals surface area (Å²) in [4.78, 5) is 14.2. The molecule has 1 unspecified atom stereocenters. The van der Waals surface area contributed by atoms with Gasteiger partial charge in [0, 0.05) is 32.8 Å². The summed E-state index contributed by atoms with van der Waals surface area (Å²) < 4.78 is 17.9. The molecule has 1 fully saturated rings. The minimum absolute atomic E-state index is 0.00133. The van der Waals surface area contributed by atoms with Gasteiger partial charge in [-0.15, -0.1) is 0 Å². The van der Waals surface area contributed by atoms with Gasteiger partial charge in [0.2, 0.25) is 0 Å². The molecule has 5 nitrogen and oxygen atoms in total. The van der Waals surface area contributed by atoms with Crippen LogP contribution in [0.5, 0.6) is 0 Å². The molecule has 1 aromatic rings. The molecular formula is C17H26FN3O2. The van der Waals surface area contributed by atoms with E-state index in [2.05, 4.69) is 15.5 Å². The minimum atomic E-state index is -0.203. The van der Waals surface area contributed by atoms with Crippen LogP contribution in [-0.4, -0.2) is 49.8 Å². The Morgan fingerprint density at radius 3 is 2.61 bits per heavy atom. The molecule has 2 amide bonds. The maximum absolute atomic E-state index is 12.9. The second-order valence-corrected chi connectivity index (χ2v) is 6.15. The van der Waals surface area contributed by atoms with Gasteiger partial charge >= 0.3 is 6.03 Å². The summed E-state index contributed by atoms with van der Waals surface area (Å²) in [6.07, 6.45) is 1.85. The Kier molecular flexibility index (Phi) is 6.80. The van der Waals surface area contributed by atoms with Crippen molar-refractivity contribution in [1.82, 2.24) is 15.5 Å². The highest BCUT2D eigenvalue weighted by Crippen LogP contribution is 2.14. The lowest BCUT2D eigenvalue weighted by Gasteiger charge is -2.32. The van der Waals surface area contributed by atoms with Gasteiger partial charge in [0.25, 0.3) is 0 Å². The second-order valence-electron chi connectivity index (χ2n) is 6.15. The summed E-state index contributed by atoms with van der Waals surface area (Å²) in [6, 6.07) is 6.71. The van der Waals surface area contributed by atoms with Crippen LogP contribution < -0.4 is 10.6 Å². The lowest BCUT2D eigenvalue weighted by atomic mass is 10.0. The number of carbonyl (C=O) groups is 1. The van der Waals surface area contributed by atoms with Crippen molar-refractivity contribution >= 4 is 6.03 Å². The Balaban J connectivity index is 1.69. The first kappa shape index (κ1) is 17.7. The van der Waals surface area contributed by atoms with Crippen LogP contribution in [0, 0.1) is 5.82 Å². The van der Waals surface area contributed by atoms with E-state index >= 15 is 0 Å². The SMILES string of the molecule is COCC(C)NC(=O)NC1CCN(Cc2ccc(F)cc2)CC1. The Bertz CT molecular complexity index is 487. The minimum Gasteiger partial charge on any atom is -0.383 e. The Hall–Kier alpha value is -1.66. The first-order valence-electron chi connectivity index (χ1n) is 8.09. The van der Waals surface area contributed by atoms with E-state index in [0.717, 1.165) is 38.0 Å². The fourth-order valence-electron chi connectivity index (χ4n) is 2.83. The monoisotopic (exact) mass is 323 g/mol. The summed E-state index contributed by atoms with van der Waals surface area (Å²) in [5.74, 6) is -0.203. The largest absolute Gasteiger partial charge is 0.383 e. The number of ether oxygens (including phenoxy) is 1. The van der Waals surface area contributed by atoms with Gasteiger partial charge in [0.05, 0.1) is 12.6 Å². The number of amides is 2. The van der Waals surface area contributed by atoms with Gasteiger partial charge in [-0.1, -0.05) is 12.1 Å². The van der Waals surface area contributed by atoms with E-state index in [1.54, 1.807) is 7.11 Å². The number of nitrogens with zero attached hydrogens (tertiary/aromatic N) is 1. The average molecular weight is 323 g/mol. The lowest BCUT2D eigenvalue weighted by Crippen LogP contribution is -2.50. The number of nitrogens with one attached hydrogen (secondary N) is 2. The molecular weight excluding hydrogens is 297 g/mol. The molecule has 2 N–H and O–H groups in total. The number of rotatable bonds is 6. The van der Waals surface area contributed by atoms with E-state index in [9.17, 15) is 9.18 Å². The molecule has 0 spiro atoms. The number of likely N-dealkylation sites (tertiary alicyclic amines) is 1. The van der Waals surface area contributed by atoms with Crippen LogP contribution in [0.4, 0.5) is 9.18 Å². The smallest absolute Gasteiger partial charge is 0.315 e. The molecule has 23 heavy (non-hydrogen) atoms. The van der Waals surface area contributed by atoms with Crippen molar-refractivity contribution in [2.45, 2.75) is 38.4 Å². The van der Waals surface area contributed by atoms with Gasteiger partial charge in [-0.3, -0.25) is 4.90 Å². The van der Waals surface area contributed by atoms with Crippen LogP contribution in [0.25, 0.3) is 0 Å². The Morgan fingerprint density at radius 1 is 1.35 bits per heavy atom. The topological polar surface area (TPSA) is 53.6 Å². The fraction of sp³-hybridized carbons (Fsp3) is 0.588. The van der Waals surface area contributed by atoms with Crippen molar-refractivity contribution in [3.8, 4) is 0 Å². The van der Waals surface area contributed by atoms with Gasteiger partial charge in [0.1, 0.15) is 5.82 Å². The van der Waals surface area contributed by atoms with Crippen LogP contribution in [0.3, 0.4) is 0 Å². The quantitative estimate of drug-likeness (QED) is 0.843. The van der Waals surface area contributed by atoms with E-state index in [0.29, 0.717) is 6.61 Å². The molecule has 0 aliphatic carbocycles. The number of benzene rings is 1. The maximum Gasteiger partial charge on any atom is 0.315 e. The van der Waals surface area contributed by atoms with Crippen molar-refractivity contribution in [1.29, 1.82) is 0 Å². The molecule has 1 saturated heterocycles. The lowest BCUT2D eigenvalue weighted by molar-refractivity contribution is 0.165. The third-order valence-electron chi connectivity index (χ3n) is 4.04. The molecule has 1 aliphatic rings. The number of urea groups is 1. The number of halogens is 1. The summed E-state index contributed by atoms with van der Waals surface area (Å²) in [5, 5.41) is 5.88. The van der Waals surface area contributed by atoms with Crippen molar-refractivity contribution < 1.29 is 13.9 Å². The van der Waals surface area contributed by atoms with E-state index in [-0.39, 0.29) is 23.9 Å². The number of hydrogen-bond acceptors (Lipinski definition) is 3. The number of methoxy groups -OCH3 is 1. The molecule has 2 rings (SSSR count). The zero-order chi connectivity index (χ0) is 16.7. The highest BCUT2D eigenvalue weighted by atomic mass is 19.1. The first-order valence-corrected chi connectivity index (χ1v) is 8.09. The van der Waals surface area contributed by atoms with E-state index < -0.39 is 0 Å². The van der Waals surface area contributed by atoms with Crippen LogP contribution >= 0.6 is 0 Å². The third-order valence-corrected chi connectivity index (χ3v) is 4.04. The Morgan fingerprint density at radius 2 is 2.00 bits per heavy atom. The maximum atomic E-state index is 12.9. The molecule has 128 valence electrons. The van der Waals surface area contributed by atoms with E-state index in [1.165, 1.54) is 12.1 Å². The Labute approximate surface area is 137 Å². The third kappa shape index (κ3) is 6.15. The summed E-state index contributed by atoms with van der Waals surface area (Å²) >= 11 is 0. The van der Waals surface area contributed by atoms with Gasteiger partial charge in [0.15, 0.2) is 0 Å². The molecule has 6 heteroatoms. The summed E-state index contributed by atoms with van der Waals surface area (Å²) in [6.45, 7) is 5.09. The predicted octanol–water partition coefficient (Wildman–Crippen LogP) is 2.12. The molecule has 0 bridgehead atoms. The molecule has 1 atom stereocenters. The molecule has 0 radical (unpaired) electrons. The predicted molar refractivity (Wildman–Crippen MR) is 87.7 cm³/mol. The van der Waals surface area contributed by atoms with E-state index in [4.69, 9.17) is 4.74 Å². The van der Waals surface area contributed by atoms with Gasteiger partial charge in [-0.2, -0.15) is 0 Å². The highest BCUT2D eigenvalue weighted by molar-refractivity contribution is 5.74. The van der Waals surface area contributed by atoms with Crippen molar-refractivity contribution in [3.05, 3.63) is 35.6 Å². The van der Waals surface area contributed by atoms with Crippen LogP contribution in [0.1, 0.15) is 25.3 Å². The van der Waals surface area contributed by atoms with Crippen molar-refractivity contribution in [3.63, 3.8) is 0 Å². The molecule has 0 aromatic heterocycles. The number of hydrogen-bond donors (Lipinski definition) is 2. The van der Waals surface area contributed by atoms with Crippen LogP contribution in [-0.2, 0) is 11.3 Å². The zero-order valence-corrected chi connectivity index (χ0v) is 13.8. The van der Waals surface area contributed by atoms with Crippen LogP contribution in [0.2, 0.25) is 0 Å². The second kappa shape index (κ2) is 8.84. The van der Waals surface area contributed by atoms with Crippen molar-refractivity contribution in [2.24, 2.45) is 0 Å². The molecule has 0 saturated carbocycles. The zero-order valence-electron chi connectivity index (χ0n) is 13.8. The molecule has 1 aliphatic heterocycles. The highest BCUT2D eigenvalue weighted by Gasteiger charge is 2.21. The van der Waals surface area contributed by atoms with Gasteiger partial charge in [-0.25, -0.2) is 9.18 Å². The summed E-state index contributed by atoms with van der Waals surface area (Å²) in [7, 11) is 1.62.